The van der Waals surface area contributed by atoms with Gasteiger partial charge in [-0.05, 0) is 58.0 Å². The average molecular weight is 210 g/mol. The van der Waals surface area contributed by atoms with E-state index in [1.54, 1.807) is 0 Å². The highest BCUT2D eigenvalue weighted by atomic mass is 15.1. The minimum absolute atomic E-state index is 0.779. The number of rotatable bonds is 5. The highest BCUT2D eigenvalue weighted by Crippen LogP contribution is 2.34. The molecule has 0 bridgehead atoms. The van der Waals surface area contributed by atoms with E-state index in [2.05, 4.69) is 31.2 Å². The van der Waals surface area contributed by atoms with Crippen molar-refractivity contribution in [3.8, 4) is 0 Å². The molecule has 0 aromatic carbocycles. The second-order valence-electron chi connectivity index (χ2n) is 5.89. The minimum Gasteiger partial charge on any atom is -0.312 e. The van der Waals surface area contributed by atoms with Crippen LogP contribution in [0.5, 0.6) is 0 Å². The van der Waals surface area contributed by atoms with Crippen LogP contribution in [0.4, 0.5) is 0 Å². The van der Waals surface area contributed by atoms with Gasteiger partial charge in [0, 0.05) is 18.6 Å². The van der Waals surface area contributed by atoms with Gasteiger partial charge in [-0.15, -0.1) is 0 Å². The Balaban J connectivity index is 1.71. The normalized spacial score (nSPS) is 33.6. The predicted molar refractivity (Wildman–Crippen MR) is 65.0 cm³/mol. The van der Waals surface area contributed by atoms with Crippen molar-refractivity contribution in [2.24, 2.45) is 11.8 Å². The molecule has 0 amide bonds. The lowest BCUT2D eigenvalue weighted by Gasteiger charge is -2.26. The van der Waals surface area contributed by atoms with Crippen LogP contribution in [-0.4, -0.2) is 37.6 Å². The quantitative estimate of drug-likeness (QED) is 0.747. The molecule has 2 heteroatoms. The first-order chi connectivity index (χ1) is 7.16. The largest absolute Gasteiger partial charge is 0.312 e. The molecule has 0 heterocycles. The number of hydrogen-bond donors (Lipinski definition) is 1. The van der Waals surface area contributed by atoms with E-state index in [1.165, 1.54) is 38.6 Å². The lowest BCUT2D eigenvalue weighted by Crippen LogP contribution is -2.42. The number of hydrogen-bond acceptors (Lipinski definition) is 2. The number of nitrogens with one attached hydrogen (secondary N) is 1. The zero-order valence-electron chi connectivity index (χ0n) is 10.5. The van der Waals surface area contributed by atoms with Gasteiger partial charge in [0.1, 0.15) is 0 Å². The molecule has 0 saturated heterocycles. The lowest BCUT2D eigenvalue weighted by molar-refractivity contribution is 0.248. The van der Waals surface area contributed by atoms with E-state index in [4.69, 9.17) is 0 Å². The maximum atomic E-state index is 3.77. The van der Waals surface area contributed by atoms with Crippen molar-refractivity contribution in [1.82, 2.24) is 10.2 Å². The van der Waals surface area contributed by atoms with Gasteiger partial charge in [-0.25, -0.2) is 0 Å². The van der Waals surface area contributed by atoms with Gasteiger partial charge in [0.15, 0.2) is 0 Å². The minimum atomic E-state index is 0.779. The van der Waals surface area contributed by atoms with Crippen molar-refractivity contribution in [2.45, 2.75) is 51.1 Å². The summed E-state index contributed by atoms with van der Waals surface area (Å²) in [5.41, 5.74) is 0. The number of likely N-dealkylation sites (N-methyl/N-ethyl adjacent to an activating group) is 1. The van der Waals surface area contributed by atoms with Crippen LogP contribution in [0.25, 0.3) is 0 Å². The van der Waals surface area contributed by atoms with Crippen LogP contribution >= 0.6 is 0 Å². The Hall–Kier alpha value is -0.0800. The maximum Gasteiger partial charge on any atom is 0.0242 e. The van der Waals surface area contributed by atoms with Crippen molar-refractivity contribution in [1.29, 1.82) is 0 Å². The Bertz CT molecular complexity index is 197. The molecule has 0 radical (unpaired) electrons. The summed E-state index contributed by atoms with van der Waals surface area (Å²) < 4.78 is 0. The molecule has 0 spiro atoms. The monoisotopic (exact) mass is 210 g/mol. The van der Waals surface area contributed by atoms with E-state index in [9.17, 15) is 0 Å². The van der Waals surface area contributed by atoms with E-state index < -0.39 is 0 Å². The predicted octanol–water partition coefficient (Wildman–Crippen LogP) is 2.10. The molecule has 2 aliphatic rings. The van der Waals surface area contributed by atoms with Crippen molar-refractivity contribution < 1.29 is 0 Å². The van der Waals surface area contributed by atoms with E-state index in [1.807, 2.05) is 0 Å². The topological polar surface area (TPSA) is 15.3 Å². The van der Waals surface area contributed by atoms with E-state index >= 15 is 0 Å². The third-order valence-corrected chi connectivity index (χ3v) is 4.14. The molecular formula is C13H26N2. The Morgan fingerprint density at radius 3 is 2.40 bits per heavy atom. The molecule has 3 unspecified atom stereocenters. The highest BCUT2D eigenvalue weighted by molar-refractivity contribution is 4.89. The van der Waals surface area contributed by atoms with Gasteiger partial charge in [-0.1, -0.05) is 6.92 Å². The smallest absolute Gasteiger partial charge is 0.0242 e. The van der Waals surface area contributed by atoms with Crippen LogP contribution in [0.2, 0.25) is 0 Å². The van der Waals surface area contributed by atoms with E-state index in [-0.39, 0.29) is 0 Å². The molecule has 2 rings (SSSR count). The van der Waals surface area contributed by atoms with Crippen molar-refractivity contribution in [3.05, 3.63) is 0 Å². The first kappa shape index (κ1) is 11.4. The van der Waals surface area contributed by atoms with E-state index in [0.717, 1.165) is 23.9 Å². The molecule has 1 N–H and O–H groups in total. The average Bonchev–Trinajstić information content (AvgIpc) is 2.90. The summed E-state index contributed by atoms with van der Waals surface area (Å²) in [6, 6.07) is 1.59. The third kappa shape index (κ3) is 3.18. The van der Waals surface area contributed by atoms with Crippen LogP contribution in [0.15, 0.2) is 0 Å². The van der Waals surface area contributed by atoms with E-state index in [0.29, 0.717) is 0 Å². The standard InChI is InChI=1S/C13H26N2/c1-10-4-7-12(8-10)14-9-13(15(2)3)11-5-6-11/h10-14H,4-9H2,1-3H3. The Kier molecular flexibility index (Phi) is 3.68. The zero-order valence-corrected chi connectivity index (χ0v) is 10.5. The fourth-order valence-corrected chi connectivity index (χ4v) is 2.93. The van der Waals surface area contributed by atoms with Crippen LogP contribution in [-0.2, 0) is 0 Å². The summed E-state index contributed by atoms with van der Waals surface area (Å²) >= 11 is 0. The molecule has 88 valence electrons. The third-order valence-electron chi connectivity index (χ3n) is 4.14. The summed E-state index contributed by atoms with van der Waals surface area (Å²) in [4.78, 5) is 2.41. The molecule has 0 aromatic heterocycles. The fourth-order valence-electron chi connectivity index (χ4n) is 2.93. The fraction of sp³-hybridized carbons (Fsp3) is 1.00. The van der Waals surface area contributed by atoms with Gasteiger partial charge in [-0.2, -0.15) is 0 Å². The summed E-state index contributed by atoms with van der Waals surface area (Å²) in [6.45, 7) is 3.58. The molecule has 2 aliphatic carbocycles. The Morgan fingerprint density at radius 1 is 1.20 bits per heavy atom. The van der Waals surface area contributed by atoms with Gasteiger partial charge < -0.3 is 10.2 Å². The molecule has 2 fully saturated rings. The summed E-state index contributed by atoms with van der Waals surface area (Å²) in [7, 11) is 4.45. The van der Waals surface area contributed by atoms with Crippen LogP contribution < -0.4 is 5.32 Å². The van der Waals surface area contributed by atoms with Gasteiger partial charge >= 0.3 is 0 Å². The molecule has 15 heavy (non-hydrogen) atoms. The summed E-state index contributed by atoms with van der Waals surface area (Å²) in [5, 5.41) is 3.77. The van der Waals surface area contributed by atoms with Crippen molar-refractivity contribution in [2.75, 3.05) is 20.6 Å². The van der Waals surface area contributed by atoms with Crippen LogP contribution in [0.1, 0.15) is 39.0 Å². The molecule has 3 atom stereocenters. The second kappa shape index (κ2) is 4.84. The maximum absolute atomic E-state index is 3.77. The van der Waals surface area contributed by atoms with Gasteiger partial charge in [0.05, 0.1) is 0 Å². The van der Waals surface area contributed by atoms with Crippen molar-refractivity contribution >= 4 is 0 Å². The Morgan fingerprint density at radius 2 is 1.93 bits per heavy atom. The summed E-state index contributed by atoms with van der Waals surface area (Å²) in [6.07, 6.45) is 7.11. The first-order valence-electron chi connectivity index (χ1n) is 6.56. The summed E-state index contributed by atoms with van der Waals surface area (Å²) in [5.74, 6) is 1.92. The Labute approximate surface area is 94.4 Å². The van der Waals surface area contributed by atoms with Crippen LogP contribution in [0, 0.1) is 11.8 Å². The first-order valence-corrected chi connectivity index (χ1v) is 6.56. The number of nitrogens with zero attached hydrogens (tertiary/aromatic N) is 1. The zero-order chi connectivity index (χ0) is 10.8. The molecule has 0 aliphatic heterocycles. The van der Waals surface area contributed by atoms with Gasteiger partial charge in [0.25, 0.3) is 0 Å². The molecule has 0 aromatic rings. The molecular weight excluding hydrogens is 184 g/mol. The van der Waals surface area contributed by atoms with Gasteiger partial charge in [-0.3, -0.25) is 0 Å². The highest BCUT2D eigenvalue weighted by Gasteiger charge is 2.33. The lowest BCUT2D eigenvalue weighted by atomic mass is 10.1. The molecule has 2 nitrogen and oxygen atoms in total. The van der Waals surface area contributed by atoms with Crippen LogP contribution in [0.3, 0.4) is 0 Å². The van der Waals surface area contributed by atoms with Gasteiger partial charge in [0.2, 0.25) is 0 Å². The van der Waals surface area contributed by atoms with Crippen molar-refractivity contribution in [3.63, 3.8) is 0 Å². The molecule has 2 saturated carbocycles. The second-order valence-corrected chi connectivity index (χ2v) is 5.89. The SMILES string of the molecule is CC1CCC(NCC(C2CC2)N(C)C)C1.